The predicted molar refractivity (Wildman–Crippen MR) is 65.7 cm³/mol. The number of likely N-dealkylation sites (tertiary alicyclic amines) is 2. The van der Waals surface area contributed by atoms with Gasteiger partial charge in [-0.1, -0.05) is 5.16 Å². The van der Waals surface area contributed by atoms with Gasteiger partial charge >= 0.3 is 0 Å². The Kier molecular flexibility index (Phi) is 2.71. The standard InChI is InChI=1S/C13H21N3O/c1-9(2)15-7-12-5-13(8-15)16(12)6-11-4-10(3)17-14-11/h4,9,12-13H,5-8H2,1-3H3. The van der Waals surface area contributed by atoms with Crippen molar-refractivity contribution < 1.29 is 4.52 Å². The maximum absolute atomic E-state index is 5.13. The highest BCUT2D eigenvalue weighted by atomic mass is 16.5. The van der Waals surface area contributed by atoms with Gasteiger partial charge in [-0.05, 0) is 27.2 Å². The molecule has 1 aromatic heterocycles. The molecule has 3 rings (SSSR count). The third-order valence-electron chi connectivity index (χ3n) is 4.12. The summed E-state index contributed by atoms with van der Waals surface area (Å²) in [4.78, 5) is 5.17. The number of fused-ring (bicyclic) bond motifs is 2. The molecule has 3 heterocycles. The molecule has 1 aromatic rings. The van der Waals surface area contributed by atoms with Crippen LogP contribution in [0.25, 0.3) is 0 Å². The Morgan fingerprint density at radius 3 is 2.65 bits per heavy atom. The van der Waals surface area contributed by atoms with Gasteiger partial charge in [0.15, 0.2) is 0 Å². The fraction of sp³-hybridized carbons (Fsp3) is 0.769. The lowest BCUT2D eigenvalue weighted by Crippen LogP contribution is -2.68. The van der Waals surface area contributed by atoms with E-state index in [1.54, 1.807) is 0 Å². The highest BCUT2D eigenvalue weighted by Gasteiger charge is 2.44. The van der Waals surface area contributed by atoms with Crippen molar-refractivity contribution in [2.45, 2.75) is 51.9 Å². The summed E-state index contributed by atoms with van der Waals surface area (Å²) in [6, 6.07) is 4.19. The van der Waals surface area contributed by atoms with Crippen LogP contribution < -0.4 is 0 Å². The van der Waals surface area contributed by atoms with Gasteiger partial charge in [0.25, 0.3) is 0 Å². The molecule has 0 N–H and O–H groups in total. The first-order valence-electron chi connectivity index (χ1n) is 6.55. The van der Waals surface area contributed by atoms with Crippen molar-refractivity contribution in [1.29, 1.82) is 0 Å². The van der Waals surface area contributed by atoms with Crippen LogP contribution in [0.3, 0.4) is 0 Å². The molecule has 2 saturated heterocycles. The first-order chi connectivity index (χ1) is 8.13. The summed E-state index contributed by atoms with van der Waals surface area (Å²) in [5.74, 6) is 0.912. The van der Waals surface area contributed by atoms with E-state index in [1.165, 1.54) is 19.5 Å². The summed E-state index contributed by atoms with van der Waals surface area (Å²) in [5, 5.41) is 4.09. The first-order valence-corrected chi connectivity index (χ1v) is 6.55. The Balaban J connectivity index is 1.61. The number of aryl methyl sites for hydroxylation is 1. The minimum atomic E-state index is 0.678. The normalized spacial score (nSPS) is 29.6. The highest BCUT2D eigenvalue weighted by Crippen LogP contribution is 2.34. The number of piperazine rings is 1. The van der Waals surface area contributed by atoms with E-state index < -0.39 is 0 Å². The van der Waals surface area contributed by atoms with Crippen LogP contribution in [-0.4, -0.2) is 46.2 Å². The lowest BCUT2D eigenvalue weighted by molar-refractivity contribution is -0.0844. The molecule has 4 heteroatoms. The van der Waals surface area contributed by atoms with Crippen molar-refractivity contribution >= 4 is 0 Å². The molecule has 0 spiro atoms. The Labute approximate surface area is 103 Å². The van der Waals surface area contributed by atoms with Gasteiger partial charge in [-0.2, -0.15) is 0 Å². The van der Waals surface area contributed by atoms with Gasteiger partial charge in [0.1, 0.15) is 5.76 Å². The van der Waals surface area contributed by atoms with Crippen molar-refractivity contribution in [2.75, 3.05) is 13.1 Å². The summed E-state index contributed by atoms with van der Waals surface area (Å²) in [6.45, 7) is 9.91. The second kappa shape index (κ2) is 4.10. The maximum Gasteiger partial charge on any atom is 0.133 e. The third-order valence-corrected chi connectivity index (χ3v) is 4.12. The van der Waals surface area contributed by atoms with E-state index in [0.717, 1.165) is 30.1 Å². The smallest absolute Gasteiger partial charge is 0.133 e. The minimum absolute atomic E-state index is 0.678. The van der Waals surface area contributed by atoms with Crippen LogP contribution in [0.1, 0.15) is 31.7 Å². The Morgan fingerprint density at radius 2 is 2.12 bits per heavy atom. The van der Waals surface area contributed by atoms with E-state index in [9.17, 15) is 0 Å². The molecule has 2 bridgehead atoms. The zero-order valence-corrected chi connectivity index (χ0v) is 10.9. The van der Waals surface area contributed by atoms with Crippen LogP contribution in [0.4, 0.5) is 0 Å². The molecular weight excluding hydrogens is 214 g/mol. The monoisotopic (exact) mass is 235 g/mol. The van der Waals surface area contributed by atoms with E-state index in [2.05, 4.69) is 28.8 Å². The molecule has 0 aliphatic carbocycles. The van der Waals surface area contributed by atoms with Crippen molar-refractivity contribution in [3.8, 4) is 0 Å². The summed E-state index contributed by atoms with van der Waals surface area (Å²) in [7, 11) is 0. The molecule has 0 amide bonds. The Morgan fingerprint density at radius 1 is 1.41 bits per heavy atom. The predicted octanol–water partition coefficient (Wildman–Crippen LogP) is 1.65. The third kappa shape index (κ3) is 2.00. The molecule has 0 saturated carbocycles. The fourth-order valence-electron chi connectivity index (χ4n) is 3.08. The molecular formula is C13H21N3O. The van der Waals surface area contributed by atoms with Gasteiger partial charge in [0.05, 0.1) is 5.69 Å². The molecule has 2 fully saturated rings. The van der Waals surface area contributed by atoms with Gasteiger partial charge in [-0.3, -0.25) is 9.80 Å². The van der Waals surface area contributed by atoms with Crippen molar-refractivity contribution in [3.05, 3.63) is 17.5 Å². The number of hydrogen-bond donors (Lipinski definition) is 0. The molecule has 0 aromatic carbocycles. The Hall–Kier alpha value is -0.870. The molecule has 4 nitrogen and oxygen atoms in total. The van der Waals surface area contributed by atoms with Crippen molar-refractivity contribution in [1.82, 2.24) is 15.0 Å². The SMILES string of the molecule is Cc1cc(CN2C3CC2CN(C(C)C)C3)no1. The van der Waals surface area contributed by atoms with E-state index in [4.69, 9.17) is 4.52 Å². The second-order valence-electron chi connectivity index (χ2n) is 5.69. The number of nitrogens with zero attached hydrogens (tertiary/aromatic N) is 3. The average Bonchev–Trinajstić information content (AvgIpc) is 2.72. The minimum Gasteiger partial charge on any atom is -0.361 e. The summed E-state index contributed by atoms with van der Waals surface area (Å²) >= 11 is 0. The molecule has 0 radical (unpaired) electrons. The summed E-state index contributed by atoms with van der Waals surface area (Å²) in [5.41, 5.74) is 1.08. The van der Waals surface area contributed by atoms with E-state index in [-0.39, 0.29) is 0 Å². The lowest BCUT2D eigenvalue weighted by Gasteiger charge is -2.57. The van der Waals surface area contributed by atoms with Crippen molar-refractivity contribution in [3.63, 3.8) is 0 Å². The zero-order valence-electron chi connectivity index (χ0n) is 10.9. The number of piperidine rings is 1. The maximum atomic E-state index is 5.13. The van der Waals surface area contributed by atoms with Gasteiger partial charge in [-0.15, -0.1) is 0 Å². The van der Waals surface area contributed by atoms with Crippen LogP contribution in [0.2, 0.25) is 0 Å². The summed E-state index contributed by atoms with van der Waals surface area (Å²) in [6.07, 6.45) is 1.36. The average molecular weight is 235 g/mol. The van der Waals surface area contributed by atoms with E-state index in [0.29, 0.717) is 6.04 Å². The first kappa shape index (κ1) is 11.2. The van der Waals surface area contributed by atoms with Gasteiger partial charge in [0.2, 0.25) is 0 Å². The molecule has 2 aliphatic rings. The quantitative estimate of drug-likeness (QED) is 0.797. The van der Waals surface area contributed by atoms with Crippen LogP contribution in [0.15, 0.2) is 10.6 Å². The molecule has 2 unspecified atom stereocenters. The fourth-order valence-corrected chi connectivity index (χ4v) is 3.08. The van der Waals surface area contributed by atoms with E-state index >= 15 is 0 Å². The zero-order chi connectivity index (χ0) is 12.0. The van der Waals surface area contributed by atoms with Gasteiger partial charge in [0, 0.05) is 43.8 Å². The van der Waals surface area contributed by atoms with Gasteiger partial charge in [-0.25, -0.2) is 0 Å². The van der Waals surface area contributed by atoms with Gasteiger partial charge < -0.3 is 4.52 Å². The molecule has 17 heavy (non-hydrogen) atoms. The highest BCUT2D eigenvalue weighted by molar-refractivity contribution is 5.08. The van der Waals surface area contributed by atoms with Crippen LogP contribution in [0.5, 0.6) is 0 Å². The Bertz CT molecular complexity index is 389. The van der Waals surface area contributed by atoms with Crippen LogP contribution in [0, 0.1) is 6.92 Å². The molecule has 2 atom stereocenters. The number of hydrogen-bond acceptors (Lipinski definition) is 4. The summed E-state index contributed by atoms with van der Waals surface area (Å²) < 4.78 is 5.13. The van der Waals surface area contributed by atoms with Crippen LogP contribution in [-0.2, 0) is 6.54 Å². The number of rotatable bonds is 3. The molecule has 94 valence electrons. The van der Waals surface area contributed by atoms with Crippen LogP contribution >= 0.6 is 0 Å². The number of aromatic nitrogens is 1. The van der Waals surface area contributed by atoms with Crippen molar-refractivity contribution in [2.24, 2.45) is 0 Å². The van der Waals surface area contributed by atoms with E-state index in [1.807, 2.05) is 13.0 Å². The molecule has 2 aliphatic heterocycles. The lowest BCUT2D eigenvalue weighted by atomic mass is 9.86. The largest absolute Gasteiger partial charge is 0.361 e. The topological polar surface area (TPSA) is 32.5 Å². The second-order valence-corrected chi connectivity index (χ2v) is 5.69.